The van der Waals surface area contributed by atoms with Gasteiger partial charge in [0.1, 0.15) is 5.75 Å². The minimum absolute atomic E-state index is 0.0800. The van der Waals surface area contributed by atoms with Crippen molar-refractivity contribution in [3.63, 3.8) is 0 Å². The Hall–Kier alpha value is -2.93. The van der Waals surface area contributed by atoms with Gasteiger partial charge in [0, 0.05) is 25.1 Å². The van der Waals surface area contributed by atoms with Crippen LogP contribution in [0, 0.1) is 0 Å². The van der Waals surface area contributed by atoms with Gasteiger partial charge >= 0.3 is 5.97 Å². The van der Waals surface area contributed by atoms with Crippen LogP contribution < -0.4 is 10.1 Å². The van der Waals surface area contributed by atoms with Gasteiger partial charge in [0.25, 0.3) is 5.91 Å². The van der Waals surface area contributed by atoms with Gasteiger partial charge in [-0.25, -0.2) is 0 Å². The molecule has 2 rings (SSSR count). The zero-order chi connectivity index (χ0) is 19.2. The molecule has 0 saturated carbocycles. The van der Waals surface area contributed by atoms with Crippen LogP contribution in [0.25, 0.3) is 11.1 Å². The third kappa shape index (κ3) is 5.03. The van der Waals surface area contributed by atoms with E-state index in [1.54, 1.807) is 26.3 Å². The molecule has 1 aromatic heterocycles. The zero-order valence-corrected chi connectivity index (χ0v) is 15.0. The van der Waals surface area contributed by atoms with E-state index in [-0.39, 0.29) is 13.0 Å². The maximum Gasteiger partial charge on any atom is 0.305 e. The molecule has 1 aromatic carbocycles. The van der Waals surface area contributed by atoms with Crippen LogP contribution in [0.4, 0.5) is 0 Å². The van der Waals surface area contributed by atoms with Crippen LogP contribution in [0.3, 0.4) is 0 Å². The number of carbonyl (C=O) groups excluding carboxylic acids is 1. The van der Waals surface area contributed by atoms with Gasteiger partial charge in [-0.05, 0) is 30.7 Å². The van der Waals surface area contributed by atoms with Gasteiger partial charge in [-0.3, -0.25) is 14.6 Å². The Bertz CT molecular complexity index is 776. The van der Waals surface area contributed by atoms with E-state index in [1.807, 2.05) is 24.3 Å². The summed E-state index contributed by atoms with van der Waals surface area (Å²) in [6.07, 6.45) is 2.85. The molecule has 0 saturated heterocycles. The molecule has 2 N–H and O–H groups in total. The minimum Gasteiger partial charge on any atom is -0.497 e. The van der Waals surface area contributed by atoms with Crippen molar-refractivity contribution in [1.29, 1.82) is 0 Å². The van der Waals surface area contributed by atoms with Crippen LogP contribution >= 0.6 is 0 Å². The Morgan fingerprint density at radius 2 is 1.85 bits per heavy atom. The number of carboxylic acid groups (broad SMARTS) is 1. The first-order valence-corrected chi connectivity index (χ1v) is 7.99. The van der Waals surface area contributed by atoms with Gasteiger partial charge in [0.2, 0.25) is 0 Å². The fourth-order valence-corrected chi connectivity index (χ4v) is 2.64. The molecule has 0 aliphatic carbocycles. The van der Waals surface area contributed by atoms with E-state index >= 15 is 0 Å². The van der Waals surface area contributed by atoms with E-state index in [4.69, 9.17) is 14.6 Å². The molecular weight excluding hydrogens is 336 g/mol. The quantitative estimate of drug-likeness (QED) is 0.752. The van der Waals surface area contributed by atoms with Crippen molar-refractivity contribution in [2.24, 2.45) is 0 Å². The van der Waals surface area contributed by atoms with Crippen LogP contribution in [0.5, 0.6) is 5.75 Å². The van der Waals surface area contributed by atoms with Crippen molar-refractivity contribution in [3.8, 4) is 16.9 Å². The molecule has 1 atom stereocenters. The van der Waals surface area contributed by atoms with Gasteiger partial charge in [0.05, 0.1) is 31.2 Å². The smallest absolute Gasteiger partial charge is 0.305 e. The molecule has 0 bridgehead atoms. The third-order valence-corrected chi connectivity index (χ3v) is 3.84. The highest BCUT2D eigenvalue weighted by Crippen LogP contribution is 2.22. The largest absolute Gasteiger partial charge is 0.497 e. The summed E-state index contributed by atoms with van der Waals surface area (Å²) in [5.41, 5.74) is 0.976. The van der Waals surface area contributed by atoms with Gasteiger partial charge < -0.3 is 19.9 Å². The molecule has 0 radical (unpaired) electrons. The van der Waals surface area contributed by atoms with Gasteiger partial charge in [-0.2, -0.15) is 0 Å². The number of ether oxygens (including phenoxy) is 2. The fraction of sp³-hybridized carbons (Fsp3) is 0.316. The monoisotopic (exact) mass is 358 g/mol. The highest BCUT2D eigenvalue weighted by atomic mass is 16.5. The summed E-state index contributed by atoms with van der Waals surface area (Å²) in [5, 5.41) is 11.8. The molecule has 7 nitrogen and oxygen atoms in total. The highest BCUT2D eigenvalue weighted by molar-refractivity contribution is 5.95. The van der Waals surface area contributed by atoms with Crippen LogP contribution in [-0.4, -0.2) is 48.3 Å². The molecule has 7 heteroatoms. The highest BCUT2D eigenvalue weighted by Gasteiger charge is 2.30. The summed E-state index contributed by atoms with van der Waals surface area (Å²) < 4.78 is 10.2. The fourth-order valence-electron chi connectivity index (χ4n) is 2.64. The summed E-state index contributed by atoms with van der Waals surface area (Å²) in [7, 11) is 3.05. The molecule has 1 unspecified atom stereocenters. The second kappa shape index (κ2) is 8.44. The molecule has 0 spiro atoms. The van der Waals surface area contributed by atoms with Crippen molar-refractivity contribution < 1.29 is 24.2 Å². The first kappa shape index (κ1) is 19.4. The number of aliphatic carboxylic acids is 1. The predicted molar refractivity (Wildman–Crippen MR) is 96.2 cm³/mol. The van der Waals surface area contributed by atoms with Crippen molar-refractivity contribution in [3.05, 3.63) is 48.3 Å². The Kier molecular flexibility index (Phi) is 6.30. The minimum atomic E-state index is -1.02. The summed E-state index contributed by atoms with van der Waals surface area (Å²) in [6, 6.07) is 9.10. The molecule has 138 valence electrons. The summed E-state index contributed by atoms with van der Waals surface area (Å²) in [5.74, 6) is -0.691. The van der Waals surface area contributed by atoms with Gasteiger partial charge in [-0.15, -0.1) is 0 Å². The van der Waals surface area contributed by atoms with Crippen LogP contribution in [0.15, 0.2) is 42.7 Å². The second-order valence-corrected chi connectivity index (χ2v) is 6.21. The van der Waals surface area contributed by atoms with Gasteiger partial charge in [-0.1, -0.05) is 12.1 Å². The van der Waals surface area contributed by atoms with Crippen LogP contribution in [0.2, 0.25) is 0 Å². The van der Waals surface area contributed by atoms with Crippen LogP contribution in [0.1, 0.15) is 23.7 Å². The Labute approximate surface area is 152 Å². The number of hydrogen-bond acceptors (Lipinski definition) is 5. The molecule has 1 amide bonds. The van der Waals surface area contributed by atoms with E-state index in [9.17, 15) is 9.59 Å². The zero-order valence-electron chi connectivity index (χ0n) is 15.0. The first-order valence-electron chi connectivity index (χ1n) is 7.99. The lowest BCUT2D eigenvalue weighted by Gasteiger charge is -2.28. The summed E-state index contributed by atoms with van der Waals surface area (Å²) >= 11 is 0. The number of hydrogen-bond donors (Lipinski definition) is 2. The Morgan fingerprint density at radius 3 is 2.42 bits per heavy atom. The number of amides is 1. The predicted octanol–water partition coefficient (Wildman–Crippen LogP) is 2.37. The van der Waals surface area contributed by atoms with Crippen molar-refractivity contribution in [1.82, 2.24) is 10.3 Å². The SMILES string of the molecule is COCC(C)(CC(=O)O)NC(=O)c1cncc(-c2ccc(OC)cc2)c1. The lowest BCUT2D eigenvalue weighted by molar-refractivity contribution is -0.139. The van der Waals surface area contributed by atoms with Gasteiger partial charge in [0.15, 0.2) is 0 Å². The van der Waals surface area contributed by atoms with Crippen molar-refractivity contribution in [2.45, 2.75) is 18.9 Å². The molecule has 0 fully saturated rings. The molecule has 2 aromatic rings. The summed E-state index contributed by atoms with van der Waals surface area (Å²) in [6.45, 7) is 1.71. The number of nitrogens with zero attached hydrogens (tertiary/aromatic N) is 1. The van der Waals surface area contributed by atoms with E-state index in [0.717, 1.165) is 16.9 Å². The standard InChI is InChI=1S/C19H22N2O5/c1-19(12-25-2,9-17(22)23)21-18(24)15-8-14(10-20-11-15)13-4-6-16(26-3)7-5-13/h4-8,10-11H,9,12H2,1-3H3,(H,21,24)(H,22,23). The van der Waals surface area contributed by atoms with E-state index in [2.05, 4.69) is 10.3 Å². The van der Waals surface area contributed by atoms with Crippen LogP contribution in [-0.2, 0) is 9.53 Å². The number of nitrogens with one attached hydrogen (secondary N) is 1. The lowest BCUT2D eigenvalue weighted by Crippen LogP contribution is -2.50. The maximum atomic E-state index is 12.6. The number of carbonyl (C=O) groups is 2. The summed E-state index contributed by atoms with van der Waals surface area (Å²) in [4.78, 5) is 27.8. The first-order chi connectivity index (χ1) is 12.4. The second-order valence-electron chi connectivity index (χ2n) is 6.21. The average molecular weight is 358 g/mol. The van der Waals surface area contributed by atoms with E-state index in [1.165, 1.54) is 13.3 Å². The number of benzene rings is 1. The number of pyridine rings is 1. The average Bonchev–Trinajstić information content (AvgIpc) is 2.61. The topological polar surface area (TPSA) is 97.8 Å². The molecule has 26 heavy (non-hydrogen) atoms. The maximum absolute atomic E-state index is 12.6. The number of aromatic nitrogens is 1. The van der Waals surface area contributed by atoms with Crippen molar-refractivity contribution in [2.75, 3.05) is 20.8 Å². The normalized spacial score (nSPS) is 12.9. The Morgan fingerprint density at radius 1 is 1.15 bits per heavy atom. The van der Waals surface area contributed by atoms with E-state index in [0.29, 0.717) is 5.56 Å². The molecule has 0 aliphatic heterocycles. The third-order valence-electron chi connectivity index (χ3n) is 3.84. The van der Waals surface area contributed by atoms with Crippen molar-refractivity contribution >= 4 is 11.9 Å². The molecular formula is C19H22N2O5. The molecule has 1 heterocycles. The number of rotatable bonds is 8. The van der Waals surface area contributed by atoms with E-state index < -0.39 is 17.4 Å². The number of carboxylic acids is 1. The lowest BCUT2D eigenvalue weighted by atomic mass is 9.98. The molecule has 0 aliphatic rings. The Balaban J connectivity index is 2.22. The number of methoxy groups -OCH3 is 2.